The van der Waals surface area contributed by atoms with Crippen LogP contribution in [0.3, 0.4) is 0 Å². The molecular formula is C21H30N2O5. The first-order chi connectivity index (χ1) is 13.6. The Labute approximate surface area is 165 Å². The molecule has 1 aromatic rings. The van der Waals surface area contributed by atoms with Crippen molar-refractivity contribution in [1.29, 1.82) is 0 Å². The van der Waals surface area contributed by atoms with Crippen molar-refractivity contribution >= 4 is 11.8 Å². The summed E-state index contributed by atoms with van der Waals surface area (Å²) in [7, 11) is 1.61. The summed E-state index contributed by atoms with van der Waals surface area (Å²) in [6.07, 6.45) is 3.90. The molecule has 7 nitrogen and oxygen atoms in total. The van der Waals surface area contributed by atoms with Crippen molar-refractivity contribution in [3.05, 3.63) is 29.8 Å². The lowest BCUT2D eigenvalue weighted by molar-refractivity contribution is -0.138. The van der Waals surface area contributed by atoms with Crippen LogP contribution in [0.2, 0.25) is 0 Å². The fraction of sp³-hybridized carbons (Fsp3) is 0.619. The van der Waals surface area contributed by atoms with Gasteiger partial charge in [-0.3, -0.25) is 9.59 Å². The van der Waals surface area contributed by atoms with Crippen LogP contribution in [0.5, 0.6) is 5.75 Å². The van der Waals surface area contributed by atoms with Crippen molar-refractivity contribution < 1.29 is 24.2 Å². The number of benzene rings is 1. The van der Waals surface area contributed by atoms with E-state index < -0.39 is 6.10 Å². The van der Waals surface area contributed by atoms with Crippen LogP contribution < -0.4 is 15.4 Å². The van der Waals surface area contributed by atoms with Gasteiger partial charge in [-0.25, -0.2) is 0 Å². The molecular weight excluding hydrogens is 360 g/mol. The number of rotatable bonds is 8. The highest BCUT2D eigenvalue weighted by atomic mass is 16.5. The number of carbonyl (C=O) groups is 2. The maximum absolute atomic E-state index is 12.3. The van der Waals surface area contributed by atoms with Crippen LogP contribution in [0.25, 0.3) is 0 Å². The number of hydrogen-bond acceptors (Lipinski definition) is 5. The predicted molar refractivity (Wildman–Crippen MR) is 104 cm³/mol. The molecule has 3 rings (SSSR count). The molecule has 28 heavy (non-hydrogen) atoms. The van der Waals surface area contributed by atoms with Crippen molar-refractivity contribution in [2.75, 3.05) is 13.7 Å². The van der Waals surface area contributed by atoms with E-state index in [1.807, 2.05) is 24.3 Å². The van der Waals surface area contributed by atoms with Gasteiger partial charge in [0.2, 0.25) is 11.8 Å². The van der Waals surface area contributed by atoms with Gasteiger partial charge in [0.1, 0.15) is 11.9 Å². The van der Waals surface area contributed by atoms with Gasteiger partial charge >= 0.3 is 0 Å². The van der Waals surface area contributed by atoms with Crippen molar-refractivity contribution in [2.24, 2.45) is 5.92 Å². The topological polar surface area (TPSA) is 96.9 Å². The molecule has 7 heteroatoms. The maximum Gasteiger partial charge on any atom is 0.223 e. The molecule has 1 saturated carbocycles. The van der Waals surface area contributed by atoms with Crippen molar-refractivity contribution in [3.8, 4) is 5.75 Å². The Balaban J connectivity index is 1.43. The second-order valence-electron chi connectivity index (χ2n) is 7.63. The molecule has 1 aliphatic heterocycles. The molecule has 2 fully saturated rings. The van der Waals surface area contributed by atoms with Crippen molar-refractivity contribution in [1.82, 2.24) is 10.6 Å². The Morgan fingerprint density at radius 1 is 1.25 bits per heavy atom. The van der Waals surface area contributed by atoms with Crippen LogP contribution in [0, 0.1) is 5.92 Å². The number of methoxy groups -OCH3 is 1. The van der Waals surface area contributed by atoms with Crippen LogP contribution in [0.1, 0.15) is 44.1 Å². The van der Waals surface area contributed by atoms with Gasteiger partial charge < -0.3 is 25.2 Å². The van der Waals surface area contributed by atoms with Crippen LogP contribution in [-0.2, 0) is 20.9 Å². The Kier molecular flexibility index (Phi) is 7.28. The summed E-state index contributed by atoms with van der Waals surface area (Å²) in [5, 5.41) is 15.6. The third-order valence-electron chi connectivity index (χ3n) is 5.64. The van der Waals surface area contributed by atoms with Gasteiger partial charge in [0.05, 0.1) is 32.3 Å². The minimum atomic E-state index is -0.464. The molecule has 1 aromatic carbocycles. The van der Waals surface area contributed by atoms with Crippen LogP contribution in [-0.4, -0.2) is 48.9 Å². The highest BCUT2D eigenvalue weighted by Crippen LogP contribution is 2.28. The first-order valence-electron chi connectivity index (χ1n) is 10.1. The summed E-state index contributed by atoms with van der Waals surface area (Å²) in [6, 6.07) is 7.37. The van der Waals surface area contributed by atoms with Gasteiger partial charge in [0.25, 0.3) is 0 Å². The zero-order chi connectivity index (χ0) is 19.9. The van der Waals surface area contributed by atoms with Gasteiger partial charge in [0, 0.05) is 12.5 Å². The standard InChI is InChI=1S/C21H30N2O5/c1-27-16-7-2-4-14(10-16)12-22-20(25)11-17-8-9-18(19(13-24)28-17)23-21(26)15-5-3-6-15/h2,4,7,10,15,17-19,24H,3,5-6,8-9,11-13H2,1H3,(H,22,25)(H,23,26)/t17-,18-,19+/m0/s1. The summed E-state index contributed by atoms with van der Waals surface area (Å²) in [6.45, 7) is 0.254. The van der Waals surface area contributed by atoms with E-state index in [4.69, 9.17) is 9.47 Å². The lowest BCUT2D eigenvalue weighted by Crippen LogP contribution is -2.53. The number of amides is 2. The minimum absolute atomic E-state index is 0.0628. The second kappa shape index (κ2) is 9.89. The predicted octanol–water partition coefficient (Wildman–Crippen LogP) is 1.53. The first kappa shape index (κ1) is 20.6. The Hall–Kier alpha value is -2.12. The smallest absolute Gasteiger partial charge is 0.223 e. The molecule has 2 amide bonds. The monoisotopic (exact) mass is 390 g/mol. The van der Waals surface area contributed by atoms with E-state index >= 15 is 0 Å². The zero-order valence-electron chi connectivity index (χ0n) is 16.4. The summed E-state index contributed by atoms with van der Waals surface area (Å²) >= 11 is 0. The second-order valence-corrected chi connectivity index (χ2v) is 7.63. The van der Waals surface area contributed by atoms with E-state index in [9.17, 15) is 14.7 Å². The molecule has 1 heterocycles. The lowest BCUT2D eigenvalue weighted by Gasteiger charge is -2.37. The molecule has 1 aliphatic carbocycles. The molecule has 0 unspecified atom stereocenters. The average Bonchev–Trinajstić information content (AvgIpc) is 2.66. The fourth-order valence-corrected chi connectivity index (χ4v) is 3.68. The number of ether oxygens (including phenoxy) is 2. The third-order valence-corrected chi connectivity index (χ3v) is 5.64. The molecule has 154 valence electrons. The number of nitrogens with one attached hydrogen (secondary N) is 2. The fourth-order valence-electron chi connectivity index (χ4n) is 3.68. The number of hydrogen-bond donors (Lipinski definition) is 3. The van der Waals surface area contributed by atoms with Gasteiger partial charge in [-0.15, -0.1) is 0 Å². The van der Waals surface area contributed by atoms with Gasteiger partial charge in [-0.2, -0.15) is 0 Å². The highest BCUT2D eigenvalue weighted by Gasteiger charge is 2.35. The van der Waals surface area contributed by atoms with Crippen molar-refractivity contribution in [2.45, 2.75) is 63.3 Å². The molecule has 3 atom stereocenters. The lowest BCUT2D eigenvalue weighted by atomic mass is 9.84. The number of aliphatic hydroxyl groups excluding tert-OH is 1. The largest absolute Gasteiger partial charge is 0.497 e. The number of carbonyl (C=O) groups excluding carboxylic acids is 2. The first-order valence-corrected chi connectivity index (χ1v) is 10.1. The summed E-state index contributed by atoms with van der Waals surface area (Å²) < 4.78 is 11.1. The van der Waals surface area contributed by atoms with Gasteiger partial charge in [0.15, 0.2) is 0 Å². The molecule has 2 aliphatic rings. The van der Waals surface area contributed by atoms with E-state index in [-0.39, 0.29) is 42.9 Å². The number of aliphatic hydroxyl groups is 1. The molecule has 0 radical (unpaired) electrons. The highest BCUT2D eigenvalue weighted by molar-refractivity contribution is 5.79. The van der Waals surface area contributed by atoms with E-state index in [0.29, 0.717) is 19.4 Å². The Morgan fingerprint density at radius 3 is 2.75 bits per heavy atom. The van der Waals surface area contributed by atoms with Crippen LogP contribution >= 0.6 is 0 Å². The van der Waals surface area contributed by atoms with Gasteiger partial charge in [-0.05, 0) is 43.4 Å². The molecule has 1 saturated heterocycles. The van der Waals surface area contributed by atoms with Crippen molar-refractivity contribution in [3.63, 3.8) is 0 Å². The van der Waals surface area contributed by atoms with E-state index in [0.717, 1.165) is 30.6 Å². The summed E-state index contributed by atoms with van der Waals surface area (Å²) in [5.74, 6) is 0.830. The maximum atomic E-state index is 12.3. The summed E-state index contributed by atoms with van der Waals surface area (Å²) in [4.78, 5) is 24.4. The van der Waals surface area contributed by atoms with E-state index in [2.05, 4.69) is 10.6 Å². The molecule has 0 spiro atoms. The average molecular weight is 390 g/mol. The van der Waals surface area contributed by atoms with E-state index in [1.165, 1.54) is 0 Å². The SMILES string of the molecule is COc1cccc(CNC(=O)C[C@@H]2CC[C@H](NC(=O)C3CCC3)[C@@H](CO)O2)c1. The Morgan fingerprint density at radius 2 is 2.07 bits per heavy atom. The molecule has 0 aromatic heterocycles. The Bertz CT molecular complexity index is 677. The van der Waals surface area contributed by atoms with E-state index in [1.54, 1.807) is 7.11 Å². The normalized spacial score (nSPS) is 24.9. The minimum Gasteiger partial charge on any atom is -0.497 e. The third kappa shape index (κ3) is 5.45. The molecule has 0 bridgehead atoms. The van der Waals surface area contributed by atoms with Crippen LogP contribution in [0.4, 0.5) is 0 Å². The molecule has 3 N–H and O–H groups in total. The zero-order valence-corrected chi connectivity index (χ0v) is 16.4. The van der Waals surface area contributed by atoms with Crippen LogP contribution in [0.15, 0.2) is 24.3 Å². The quantitative estimate of drug-likeness (QED) is 0.625. The summed E-state index contributed by atoms with van der Waals surface area (Å²) in [5.41, 5.74) is 0.962. The van der Waals surface area contributed by atoms with Gasteiger partial charge in [-0.1, -0.05) is 18.6 Å².